The second-order valence-corrected chi connectivity index (χ2v) is 5.81. The van der Waals surface area contributed by atoms with Crippen LogP contribution in [0.15, 0.2) is 42.5 Å². The molecule has 3 aromatic rings. The van der Waals surface area contributed by atoms with Crippen LogP contribution in [0.25, 0.3) is 11.0 Å². The van der Waals surface area contributed by atoms with Crippen molar-refractivity contribution < 1.29 is 10.0 Å². The molecule has 1 aromatic heterocycles. The number of nitrogens with zero attached hydrogens (tertiary/aromatic N) is 3. The molecule has 0 amide bonds. The first-order valence-electron chi connectivity index (χ1n) is 8.20. The number of benzene rings is 2. The zero-order valence-corrected chi connectivity index (χ0v) is 15.2. The van der Waals surface area contributed by atoms with Crippen molar-refractivity contribution in [2.45, 2.75) is 19.9 Å². The quantitative estimate of drug-likeness (QED) is 0.375. The van der Waals surface area contributed by atoms with Gasteiger partial charge in [0.2, 0.25) is 0 Å². The zero-order chi connectivity index (χ0) is 17.8. The number of halogens is 1. The molecule has 2 N–H and O–H groups in total. The predicted molar refractivity (Wildman–Crippen MR) is 103 cm³/mol. The Morgan fingerprint density at radius 3 is 2.62 bits per heavy atom. The van der Waals surface area contributed by atoms with Crippen molar-refractivity contribution in [1.82, 2.24) is 14.9 Å². The highest BCUT2D eigenvalue weighted by atomic mass is 35.5. The number of phenols is 1. The van der Waals surface area contributed by atoms with Crippen molar-refractivity contribution in [2.24, 2.45) is 0 Å². The summed E-state index contributed by atoms with van der Waals surface area (Å²) in [6.45, 7) is 4.45. The van der Waals surface area contributed by atoms with E-state index in [9.17, 15) is 15.2 Å². The number of nitro benzene ring substituents is 1. The molecule has 0 aliphatic carbocycles. The second kappa shape index (κ2) is 8.64. The van der Waals surface area contributed by atoms with Crippen molar-refractivity contribution >= 4 is 29.1 Å². The molecule has 8 heteroatoms. The van der Waals surface area contributed by atoms with Crippen LogP contribution in [0.2, 0.25) is 0 Å². The third-order valence-electron chi connectivity index (χ3n) is 4.08. The number of fused-ring (bicyclic) bond motifs is 1. The van der Waals surface area contributed by atoms with Crippen LogP contribution >= 0.6 is 12.4 Å². The number of rotatable bonds is 7. The molecular formula is C18H21ClN4O3. The van der Waals surface area contributed by atoms with Gasteiger partial charge in [-0.25, -0.2) is 4.98 Å². The topological polar surface area (TPSA) is 93.2 Å². The van der Waals surface area contributed by atoms with Gasteiger partial charge in [-0.1, -0.05) is 19.1 Å². The fraction of sp³-hybridized carbons (Fsp3) is 0.278. The zero-order valence-electron chi connectivity index (χ0n) is 14.4. The van der Waals surface area contributed by atoms with Gasteiger partial charge in [0, 0.05) is 31.6 Å². The van der Waals surface area contributed by atoms with Crippen LogP contribution < -0.4 is 5.32 Å². The van der Waals surface area contributed by atoms with Gasteiger partial charge in [0.1, 0.15) is 11.6 Å². The van der Waals surface area contributed by atoms with Crippen LogP contribution in [-0.2, 0) is 13.0 Å². The van der Waals surface area contributed by atoms with Crippen LogP contribution in [0, 0.1) is 10.1 Å². The number of aromatic nitrogens is 2. The Balaban J connectivity index is 0.00000243. The van der Waals surface area contributed by atoms with E-state index in [2.05, 4.69) is 14.9 Å². The minimum atomic E-state index is -0.406. The molecule has 0 unspecified atom stereocenters. The summed E-state index contributed by atoms with van der Waals surface area (Å²) >= 11 is 0. The van der Waals surface area contributed by atoms with E-state index in [-0.39, 0.29) is 23.8 Å². The molecule has 2 aromatic carbocycles. The minimum absolute atomic E-state index is 0. The van der Waals surface area contributed by atoms with Gasteiger partial charge in [-0.15, -0.1) is 12.4 Å². The van der Waals surface area contributed by atoms with Crippen LogP contribution in [0.3, 0.4) is 0 Å². The molecular weight excluding hydrogens is 356 g/mol. The van der Waals surface area contributed by atoms with Gasteiger partial charge in [-0.05, 0) is 30.3 Å². The third-order valence-corrected chi connectivity index (χ3v) is 4.08. The molecule has 0 saturated heterocycles. The molecule has 1 heterocycles. The van der Waals surface area contributed by atoms with E-state index in [0.717, 1.165) is 36.5 Å². The van der Waals surface area contributed by atoms with Gasteiger partial charge in [-0.2, -0.15) is 0 Å². The number of nitrogens with one attached hydrogen (secondary N) is 1. The van der Waals surface area contributed by atoms with Crippen LogP contribution in [0.4, 0.5) is 5.69 Å². The van der Waals surface area contributed by atoms with E-state index in [1.165, 1.54) is 12.1 Å². The van der Waals surface area contributed by atoms with Gasteiger partial charge in [0.15, 0.2) is 0 Å². The molecule has 26 heavy (non-hydrogen) atoms. The summed E-state index contributed by atoms with van der Waals surface area (Å²) in [5, 5.41) is 23.7. The summed E-state index contributed by atoms with van der Waals surface area (Å²) in [6, 6.07) is 11.8. The van der Waals surface area contributed by atoms with Gasteiger partial charge in [0.25, 0.3) is 5.69 Å². The van der Waals surface area contributed by atoms with Crippen LogP contribution in [-0.4, -0.2) is 32.7 Å². The Morgan fingerprint density at radius 2 is 1.96 bits per heavy atom. The molecule has 0 radical (unpaired) electrons. The van der Waals surface area contributed by atoms with Crippen molar-refractivity contribution in [3.05, 3.63) is 64.0 Å². The SMILES string of the molecule is CCNCCn1c(Cc2ccc(O)cc2)nc2cc([N+](=O)[O-])ccc21.Cl. The van der Waals surface area contributed by atoms with Crippen LogP contribution in [0.5, 0.6) is 5.75 Å². The largest absolute Gasteiger partial charge is 0.508 e. The maximum absolute atomic E-state index is 11.0. The first-order valence-corrected chi connectivity index (χ1v) is 8.20. The first kappa shape index (κ1) is 19.7. The number of hydrogen-bond acceptors (Lipinski definition) is 5. The number of imidazole rings is 1. The van der Waals surface area contributed by atoms with E-state index in [4.69, 9.17) is 0 Å². The summed E-state index contributed by atoms with van der Waals surface area (Å²) in [5.74, 6) is 1.07. The van der Waals surface area contributed by atoms with Crippen molar-refractivity contribution in [3.8, 4) is 5.75 Å². The summed E-state index contributed by atoms with van der Waals surface area (Å²) in [7, 11) is 0. The highest BCUT2D eigenvalue weighted by molar-refractivity contribution is 5.85. The molecule has 0 atom stereocenters. The number of likely N-dealkylation sites (N-methyl/N-ethyl adjacent to an activating group) is 1. The van der Waals surface area contributed by atoms with E-state index in [1.54, 1.807) is 18.2 Å². The maximum Gasteiger partial charge on any atom is 0.271 e. The number of phenolic OH excluding ortho intramolecular Hbond substituents is 1. The third kappa shape index (κ3) is 4.30. The lowest BCUT2D eigenvalue weighted by atomic mass is 10.1. The lowest BCUT2D eigenvalue weighted by molar-refractivity contribution is -0.384. The van der Waals surface area contributed by atoms with Crippen molar-refractivity contribution in [3.63, 3.8) is 0 Å². The average molecular weight is 377 g/mol. The predicted octanol–water partition coefficient (Wildman–Crippen LogP) is 3.27. The Bertz CT molecular complexity index is 893. The number of hydrogen-bond donors (Lipinski definition) is 2. The van der Waals surface area contributed by atoms with E-state index in [0.29, 0.717) is 11.9 Å². The number of non-ortho nitro benzene ring substituents is 1. The molecule has 7 nitrogen and oxygen atoms in total. The Kier molecular flexibility index (Phi) is 6.54. The van der Waals surface area contributed by atoms with E-state index < -0.39 is 4.92 Å². The van der Waals surface area contributed by atoms with E-state index in [1.807, 2.05) is 19.1 Å². The maximum atomic E-state index is 11.0. The van der Waals surface area contributed by atoms with Crippen molar-refractivity contribution in [1.29, 1.82) is 0 Å². The monoisotopic (exact) mass is 376 g/mol. The summed E-state index contributed by atoms with van der Waals surface area (Å²) < 4.78 is 2.09. The van der Waals surface area contributed by atoms with Crippen molar-refractivity contribution in [2.75, 3.05) is 13.1 Å². The van der Waals surface area contributed by atoms with Gasteiger partial charge in [-0.3, -0.25) is 10.1 Å². The van der Waals surface area contributed by atoms with Gasteiger partial charge in [0.05, 0.1) is 16.0 Å². The number of aromatic hydroxyl groups is 1. The fourth-order valence-corrected chi connectivity index (χ4v) is 2.83. The minimum Gasteiger partial charge on any atom is -0.508 e. The molecule has 138 valence electrons. The molecule has 0 spiro atoms. The van der Waals surface area contributed by atoms with Crippen LogP contribution in [0.1, 0.15) is 18.3 Å². The highest BCUT2D eigenvalue weighted by Crippen LogP contribution is 2.23. The summed E-state index contributed by atoms with van der Waals surface area (Å²) in [6.07, 6.45) is 0.592. The standard InChI is InChI=1S/C18H20N4O3.ClH/c1-2-19-9-10-21-17-8-5-14(22(24)25)12-16(17)20-18(21)11-13-3-6-15(23)7-4-13;/h3-8,12,19,23H,2,9-11H2,1H3;1H. The molecule has 0 aliphatic rings. The molecule has 0 fully saturated rings. The second-order valence-electron chi connectivity index (χ2n) is 5.81. The molecule has 0 aliphatic heterocycles. The first-order chi connectivity index (χ1) is 12.1. The lowest BCUT2D eigenvalue weighted by Gasteiger charge is -2.10. The van der Waals surface area contributed by atoms with Gasteiger partial charge >= 0.3 is 0 Å². The summed E-state index contributed by atoms with van der Waals surface area (Å²) in [4.78, 5) is 15.2. The Morgan fingerprint density at radius 1 is 1.23 bits per heavy atom. The normalized spacial score (nSPS) is 10.7. The highest BCUT2D eigenvalue weighted by Gasteiger charge is 2.15. The lowest BCUT2D eigenvalue weighted by Crippen LogP contribution is -2.20. The fourth-order valence-electron chi connectivity index (χ4n) is 2.83. The summed E-state index contributed by atoms with van der Waals surface area (Å²) in [5.41, 5.74) is 2.57. The molecule has 0 bridgehead atoms. The Labute approximate surface area is 157 Å². The van der Waals surface area contributed by atoms with Gasteiger partial charge < -0.3 is 15.0 Å². The molecule has 3 rings (SSSR count). The van der Waals surface area contributed by atoms with E-state index >= 15 is 0 Å². The number of nitro groups is 1. The molecule has 0 saturated carbocycles. The Hall–Kier alpha value is -2.64. The average Bonchev–Trinajstić information content (AvgIpc) is 2.94. The smallest absolute Gasteiger partial charge is 0.271 e.